The van der Waals surface area contributed by atoms with E-state index in [1.54, 1.807) is 37.6 Å². The lowest BCUT2D eigenvalue weighted by Crippen LogP contribution is -2.17. The molecule has 0 saturated heterocycles. The second kappa shape index (κ2) is 10.9. The highest BCUT2D eigenvalue weighted by Gasteiger charge is 2.12. The first-order valence-corrected chi connectivity index (χ1v) is 12.1. The lowest BCUT2D eigenvalue weighted by atomic mass is 9.97. The number of carbonyl (C=O) groups is 1. The van der Waals surface area contributed by atoms with Crippen molar-refractivity contribution in [2.45, 2.75) is 13.5 Å². The normalized spacial score (nSPS) is 11.1. The zero-order valence-electron chi connectivity index (χ0n) is 21.0. The third-order valence-electron chi connectivity index (χ3n) is 6.22. The van der Waals surface area contributed by atoms with Gasteiger partial charge in [-0.25, -0.2) is 10.4 Å². The van der Waals surface area contributed by atoms with Crippen LogP contribution < -0.4 is 10.7 Å². The molecule has 0 fully saturated rings. The van der Waals surface area contributed by atoms with Crippen LogP contribution in [0.15, 0.2) is 90.0 Å². The van der Waals surface area contributed by atoms with Gasteiger partial charge < -0.3 is 10.1 Å². The van der Waals surface area contributed by atoms with Gasteiger partial charge in [0.1, 0.15) is 17.5 Å². The number of hydrogen-bond acceptors (Lipinski definition) is 6. The number of hydrogen-bond donors (Lipinski definition) is 2. The zero-order valence-corrected chi connectivity index (χ0v) is 21.0. The first kappa shape index (κ1) is 24.6. The minimum absolute atomic E-state index is 0.315. The Hall–Kier alpha value is -5.06. The van der Waals surface area contributed by atoms with Gasteiger partial charge in [0.25, 0.3) is 5.91 Å². The average Bonchev–Trinajstić information content (AvgIpc) is 2.93. The van der Waals surface area contributed by atoms with E-state index in [0.29, 0.717) is 29.2 Å². The summed E-state index contributed by atoms with van der Waals surface area (Å²) in [5.41, 5.74) is 6.69. The first-order valence-electron chi connectivity index (χ1n) is 12.1. The maximum absolute atomic E-state index is 12.8. The van der Waals surface area contributed by atoms with Crippen LogP contribution in [0.25, 0.3) is 21.5 Å². The largest absolute Gasteiger partial charge is 0.380 e. The van der Waals surface area contributed by atoms with Crippen molar-refractivity contribution in [1.29, 1.82) is 5.26 Å². The molecule has 0 atom stereocenters. The third kappa shape index (κ3) is 5.07. The molecule has 0 aliphatic rings. The molecule has 1 heterocycles. The minimum Gasteiger partial charge on any atom is -0.380 e. The highest BCUT2D eigenvalue weighted by atomic mass is 16.5. The number of anilines is 2. The Morgan fingerprint density at radius 3 is 2.29 bits per heavy atom. The third-order valence-corrected chi connectivity index (χ3v) is 6.22. The van der Waals surface area contributed by atoms with Gasteiger partial charge in [0.15, 0.2) is 0 Å². The van der Waals surface area contributed by atoms with Crippen molar-refractivity contribution in [2.24, 2.45) is 5.10 Å². The zero-order chi connectivity index (χ0) is 26.5. The molecule has 1 amide bonds. The summed E-state index contributed by atoms with van der Waals surface area (Å²) in [7, 11) is 1.59. The quantitative estimate of drug-likeness (QED) is 0.157. The summed E-state index contributed by atoms with van der Waals surface area (Å²) in [6.45, 7) is 2.18. The van der Waals surface area contributed by atoms with E-state index in [9.17, 15) is 10.1 Å². The van der Waals surface area contributed by atoms with Gasteiger partial charge in [0.05, 0.1) is 12.8 Å². The van der Waals surface area contributed by atoms with Gasteiger partial charge in [0.2, 0.25) is 0 Å². The highest BCUT2D eigenvalue weighted by molar-refractivity contribution is 6.13. The maximum Gasteiger partial charge on any atom is 0.271 e. The van der Waals surface area contributed by atoms with Gasteiger partial charge in [-0.05, 0) is 64.9 Å². The summed E-state index contributed by atoms with van der Waals surface area (Å²) in [5.74, 6) is 0.120. The second-order valence-corrected chi connectivity index (χ2v) is 8.83. The molecule has 186 valence electrons. The summed E-state index contributed by atoms with van der Waals surface area (Å²) in [6.07, 6.45) is 1.70. The maximum atomic E-state index is 12.8. The topological polar surface area (TPSA) is 99.4 Å². The van der Waals surface area contributed by atoms with E-state index >= 15 is 0 Å². The minimum atomic E-state index is -0.328. The first-order chi connectivity index (χ1) is 18.6. The Morgan fingerprint density at radius 2 is 1.66 bits per heavy atom. The molecule has 38 heavy (non-hydrogen) atoms. The molecule has 7 nitrogen and oxygen atoms in total. The van der Waals surface area contributed by atoms with Crippen LogP contribution in [-0.4, -0.2) is 24.2 Å². The summed E-state index contributed by atoms with van der Waals surface area (Å²) in [4.78, 5) is 17.2. The van der Waals surface area contributed by atoms with E-state index < -0.39 is 0 Å². The number of aromatic nitrogens is 1. The van der Waals surface area contributed by atoms with E-state index in [-0.39, 0.29) is 5.91 Å². The SMILES string of the molecule is COCc1cc(C)nc(Nc2ccc(C(=O)N/N=C/c3c4ccccc4cc4ccccc34)cc2)c1C#N. The fourth-order valence-corrected chi connectivity index (χ4v) is 4.48. The smallest absolute Gasteiger partial charge is 0.271 e. The van der Waals surface area contributed by atoms with Gasteiger partial charge in [0, 0.05) is 35.2 Å². The summed E-state index contributed by atoms with van der Waals surface area (Å²) >= 11 is 0. The van der Waals surface area contributed by atoms with E-state index in [4.69, 9.17) is 4.74 Å². The van der Waals surface area contributed by atoms with Crippen molar-refractivity contribution in [3.63, 3.8) is 0 Å². The van der Waals surface area contributed by atoms with Gasteiger partial charge in [-0.2, -0.15) is 10.4 Å². The Balaban J connectivity index is 1.33. The molecule has 5 rings (SSSR count). The van der Waals surface area contributed by atoms with Gasteiger partial charge in [-0.15, -0.1) is 0 Å². The number of hydrazone groups is 1. The predicted molar refractivity (Wildman–Crippen MR) is 151 cm³/mol. The molecular formula is C31H25N5O2. The summed E-state index contributed by atoms with van der Waals surface area (Å²) in [6, 6.07) is 29.3. The van der Waals surface area contributed by atoms with E-state index in [0.717, 1.165) is 38.4 Å². The number of fused-ring (bicyclic) bond motifs is 2. The Kier molecular flexibility index (Phi) is 7.07. The van der Waals surface area contributed by atoms with Crippen LogP contribution in [0.2, 0.25) is 0 Å². The second-order valence-electron chi connectivity index (χ2n) is 8.83. The van der Waals surface area contributed by atoms with Crippen molar-refractivity contribution in [3.05, 3.63) is 113 Å². The number of benzene rings is 4. The van der Waals surface area contributed by atoms with E-state index in [2.05, 4.69) is 57.2 Å². The number of amides is 1. The molecular weight excluding hydrogens is 474 g/mol. The van der Waals surface area contributed by atoms with E-state index in [1.165, 1.54) is 0 Å². The van der Waals surface area contributed by atoms with Crippen LogP contribution >= 0.6 is 0 Å². The van der Waals surface area contributed by atoms with Crippen LogP contribution in [0.5, 0.6) is 0 Å². The number of pyridine rings is 1. The molecule has 0 aliphatic heterocycles. The summed E-state index contributed by atoms with van der Waals surface area (Å²) in [5, 5.41) is 21.4. The number of aryl methyl sites for hydroxylation is 1. The summed E-state index contributed by atoms with van der Waals surface area (Å²) < 4.78 is 5.21. The Morgan fingerprint density at radius 1 is 1.00 bits per heavy atom. The van der Waals surface area contributed by atoms with Crippen LogP contribution in [-0.2, 0) is 11.3 Å². The highest BCUT2D eigenvalue weighted by Crippen LogP contribution is 2.27. The van der Waals surface area contributed by atoms with E-state index in [1.807, 2.05) is 37.3 Å². The lowest BCUT2D eigenvalue weighted by Gasteiger charge is -2.12. The molecule has 0 saturated carbocycles. The van der Waals surface area contributed by atoms with Gasteiger partial charge >= 0.3 is 0 Å². The monoisotopic (exact) mass is 499 g/mol. The molecule has 4 aromatic carbocycles. The van der Waals surface area contributed by atoms with Crippen molar-refractivity contribution < 1.29 is 9.53 Å². The van der Waals surface area contributed by atoms with Crippen LogP contribution in [0.1, 0.15) is 32.7 Å². The fourth-order valence-electron chi connectivity index (χ4n) is 4.48. The predicted octanol–water partition coefficient (Wildman–Crippen LogP) is 6.22. The van der Waals surface area contributed by atoms with Crippen molar-refractivity contribution in [1.82, 2.24) is 10.4 Å². The standard InChI is InChI=1S/C31H25N5O2/c1-20-15-24(19-38-2)28(17-32)30(34-20)35-25-13-11-21(12-14-25)31(37)36-33-18-29-26-9-5-3-7-22(26)16-23-8-4-6-10-27(23)29/h3-16,18H,19H2,1-2H3,(H,34,35)(H,36,37)/b33-18+. The molecule has 0 unspecified atom stereocenters. The number of nitrogens with one attached hydrogen (secondary N) is 2. The van der Waals surface area contributed by atoms with Crippen molar-refractivity contribution >= 4 is 45.2 Å². The molecule has 5 aromatic rings. The van der Waals surface area contributed by atoms with Crippen molar-refractivity contribution in [3.8, 4) is 6.07 Å². The number of nitrogens with zero attached hydrogens (tertiary/aromatic N) is 3. The molecule has 2 N–H and O–H groups in total. The molecule has 0 aliphatic carbocycles. The van der Waals surface area contributed by atoms with Gasteiger partial charge in [-0.1, -0.05) is 48.5 Å². The number of ether oxygens (including phenoxy) is 1. The number of methoxy groups -OCH3 is 1. The molecule has 0 radical (unpaired) electrons. The number of carbonyl (C=O) groups excluding carboxylic acids is 1. The molecule has 0 spiro atoms. The average molecular weight is 500 g/mol. The molecule has 7 heteroatoms. The fraction of sp³-hybridized carbons (Fsp3) is 0.0968. The molecule has 0 bridgehead atoms. The lowest BCUT2D eigenvalue weighted by molar-refractivity contribution is 0.0955. The van der Waals surface area contributed by atoms with Gasteiger partial charge in [-0.3, -0.25) is 4.79 Å². The Labute approximate surface area is 220 Å². The molecule has 1 aromatic heterocycles. The van der Waals surface area contributed by atoms with Crippen molar-refractivity contribution in [2.75, 3.05) is 12.4 Å². The number of nitriles is 1. The van der Waals surface area contributed by atoms with Crippen LogP contribution in [0.3, 0.4) is 0 Å². The van der Waals surface area contributed by atoms with Crippen LogP contribution in [0.4, 0.5) is 11.5 Å². The Bertz CT molecular complexity index is 1670. The number of rotatable bonds is 7. The van der Waals surface area contributed by atoms with Crippen LogP contribution in [0, 0.1) is 18.3 Å².